The first kappa shape index (κ1) is 20.2. The predicted molar refractivity (Wildman–Crippen MR) is 107 cm³/mol. The molecule has 1 aliphatic carbocycles. The molecule has 1 amide bonds. The summed E-state index contributed by atoms with van der Waals surface area (Å²) in [5, 5.41) is 3.17. The molecule has 1 saturated heterocycles. The van der Waals surface area contributed by atoms with Gasteiger partial charge in [-0.3, -0.25) is 4.79 Å². The van der Waals surface area contributed by atoms with E-state index in [4.69, 9.17) is 0 Å². The van der Waals surface area contributed by atoms with Crippen LogP contribution in [-0.2, 0) is 16.5 Å². The standard InChI is InChI=1S/C21H21BrF3N3O/c22-16-7-5-15(6-8-16)20(9-10-20)27-19(29)14-3-2-12-28(13-14)18-17(21(23,24)25)4-1-11-26-18/h1,4-8,11,14H,2-3,9-10,12-13H2,(H,27,29)/t14-/m0/s1. The number of rotatable bonds is 4. The summed E-state index contributed by atoms with van der Waals surface area (Å²) in [6.45, 7) is 0.698. The van der Waals surface area contributed by atoms with E-state index in [-0.39, 0.29) is 29.7 Å². The van der Waals surface area contributed by atoms with Gasteiger partial charge in [0.25, 0.3) is 0 Å². The Bertz CT molecular complexity index is 897. The summed E-state index contributed by atoms with van der Waals surface area (Å²) in [6.07, 6.45) is -0.0614. The van der Waals surface area contributed by atoms with Gasteiger partial charge in [0, 0.05) is 23.8 Å². The fraction of sp³-hybridized carbons (Fsp3) is 0.429. The largest absolute Gasteiger partial charge is 0.419 e. The predicted octanol–water partition coefficient (Wildman–Crippen LogP) is 4.88. The molecule has 1 N–H and O–H groups in total. The van der Waals surface area contributed by atoms with Crippen molar-refractivity contribution in [1.82, 2.24) is 10.3 Å². The molecule has 1 aliphatic heterocycles. The fourth-order valence-electron chi connectivity index (χ4n) is 3.97. The number of piperidine rings is 1. The highest BCUT2D eigenvalue weighted by atomic mass is 79.9. The normalized spacial score (nSPS) is 21.0. The van der Waals surface area contributed by atoms with E-state index in [1.807, 2.05) is 24.3 Å². The summed E-state index contributed by atoms with van der Waals surface area (Å²) in [5.74, 6) is -0.550. The van der Waals surface area contributed by atoms with Crippen molar-refractivity contribution in [2.24, 2.45) is 5.92 Å². The van der Waals surface area contributed by atoms with Crippen LogP contribution in [0.25, 0.3) is 0 Å². The van der Waals surface area contributed by atoms with Crippen LogP contribution < -0.4 is 10.2 Å². The summed E-state index contributed by atoms with van der Waals surface area (Å²) < 4.78 is 41.0. The van der Waals surface area contributed by atoms with Crippen LogP contribution in [0.5, 0.6) is 0 Å². The zero-order chi connectivity index (χ0) is 20.6. The average molecular weight is 468 g/mol. The minimum atomic E-state index is -4.47. The molecule has 2 fully saturated rings. The maximum atomic E-state index is 13.4. The number of nitrogens with one attached hydrogen (secondary N) is 1. The van der Waals surface area contributed by atoms with E-state index < -0.39 is 11.7 Å². The van der Waals surface area contributed by atoms with E-state index in [9.17, 15) is 18.0 Å². The van der Waals surface area contributed by atoms with Gasteiger partial charge in [-0.25, -0.2) is 4.98 Å². The number of aromatic nitrogens is 1. The fourth-order valence-corrected chi connectivity index (χ4v) is 4.24. The Kier molecular flexibility index (Phi) is 5.31. The van der Waals surface area contributed by atoms with E-state index in [0.717, 1.165) is 28.9 Å². The molecule has 0 unspecified atom stereocenters. The van der Waals surface area contributed by atoms with Gasteiger partial charge in [-0.1, -0.05) is 28.1 Å². The van der Waals surface area contributed by atoms with E-state index in [1.54, 1.807) is 4.90 Å². The number of nitrogens with zero attached hydrogens (tertiary/aromatic N) is 2. The van der Waals surface area contributed by atoms with Crippen LogP contribution in [0.2, 0.25) is 0 Å². The van der Waals surface area contributed by atoms with Gasteiger partial charge in [0.15, 0.2) is 0 Å². The van der Waals surface area contributed by atoms with Crippen LogP contribution in [0, 0.1) is 5.92 Å². The first-order valence-corrected chi connectivity index (χ1v) is 10.4. The van der Waals surface area contributed by atoms with Crippen molar-refractivity contribution in [3.8, 4) is 0 Å². The third kappa shape index (κ3) is 4.27. The summed E-state index contributed by atoms with van der Waals surface area (Å²) in [7, 11) is 0. The lowest BCUT2D eigenvalue weighted by Crippen LogP contribution is -2.46. The van der Waals surface area contributed by atoms with Gasteiger partial charge in [-0.15, -0.1) is 0 Å². The third-order valence-electron chi connectivity index (χ3n) is 5.69. The molecule has 1 aromatic heterocycles. The summed E-state index contributed by atoms with van der Waals surface area (Å²) in [6, 6.07) is 10.2. The number of amides is 1. The van der Waals surface area contributed by atoms with Crippen LogP contribution in [0.3, 0.4) is 0 Å². The molecule has 1 aromatic carbocycles. The van der Waals surface area contributed by atoms with E-state index >= 15 is 0 Å². The summed E-state index contributed by atoms with van der Waals surface area (Å²) >= 11 is 3.42. The van der Waals surface area contributed by atoms with Gasteiger partial charge in [-0.2, -0.15) is 13.2 Å². The van der Waals surface area contributed by atoms with Gasteiger partial charge in [0.2, 0.25) is 5.91 Å². The molecule has 1 saturated carbocycles. The molecule has 8 heteroatoms. The highest BCUT2D eigenvalue weighted by Crippen LogP contribution is 2.46. The number of benzene rings is 1. The van der Waals surface area contributed by atoms with Crippen molar-refractivity contribution in [1.29, 1.82) is 0 Å². The molecule has 0 radical (unpaired) electrons. The summed E-state index contributed by atoms with van der Waals surface area (Å²) in [5.41, 5.74) is -0.0391. The van der Waals surface area contributed by atoms with Crippen molar-refractivity contribution in [3.63, 3.8) is 0 Å². The SMILES string of the molecule is O=C(NC1(c2ccc(Br)cc2)CC1)[C@H]1CCCN(c2ncccc2C(F)(F)F)C1. The third-order valence-corrected chi connectivity index (χ3v) is 6.22. The van der Waals surface area contributed by atoms with E-state index in [2.05, 4.69) is 26.2 Å². The second kappa shape index (κ2) is 7.63. The monoisotopic (exact) mass is 467 g/mol. The lowest BCUT2D eigenvalue weighted by molar-refractivity contribution is -0.137. The topological polar surface area (TPSA) is 45.2 Å². The molecule has 2 aliphatic rings. The minimum absolute atomic E-state index is 0.0912. The molecule has 1 atom stereocenters. The quantitative estimate of drug-likeness (QED) is 0.696. The van der Waals surface area contributed by atoms with Crippen molar-refractivity contribution in [3.05, 3.63) is 58.2 Å². The molecule has 0 spiro atoms. The summed E-state index contributed by atoms with van der Waals surface area (Å²) in [4.78, 5) is 18.5. The molecule has 2 heterocycles. The first-order chi connectivity index (χ1) is 13.8. The van der Waals surface area contributed by atoms with Crippen LogP contribution in [0.4, 0.5) is 19.0 Å². The number of hydrogen-bond donors (Lipinski definition) is 1. The molecular weight excluding hydrogens is 447 g/mol. The number of hydrogen-bond acceptors (Lipinski definition) is 3. The number of halogens is 4. The Morgan fingerprint density at radius 2 is 1.93 bits per heavy atom. The van der Waals surface area contributed by atoms with Gasteiger partial charge in [0.05, 0.1) is 17.0 Å². The highest BCUT2D eigenvalue weighted by Gasteiger charge is 2.47. The maximum absolute atomic E-state index is 13.4. The van der Waals surface area contributed by atoms with Gasteiger partial charge < -0.3 is 10.2 Å². The van der Waals surface area contributed by atoms with Crippen LogP contribution >= 0.6 is 15.9 Å². The van der Waals surface area contributed by atoms with Crippen molar-refractivity contribution in [2.75, 3.05) is 18.0 Å². The molecular formula is C21H21BrF3N3O. The van der Waals surface area contributed by atoms with E-state index in [1.165, 1.54) is 12.3 Å². The lowest BCUT2D eigenvalue weighted by atomic mass is 9.95. The number of alkyl halides is 3. The van der Waals surface area contributed by atoms with Gasteiger partial charge >= 0.3 is 6.18 Å². The Balaban J connectivity index is 1.48. The Morgan fingerprint density at radius 1 is 1.21 bits per heavy atom. The van der Waals surface area contributed by atoms with Crippen molar-refractivity contribution >= 4 is 27.7 Å². The Morgan fingerprint density at radius 3 is 2.59 bits per heavy atom. The maximum Gasteiger partial charge on any atom is 0.419 e. The van der Waals surface area contributed by atoms with Gasteiger partial charge in [-0.05, 0) is 55.5 Å². The van der Waals surface area contributed by atoms with Gasteiger partial charge in [0.1, 0.15) is 5.82 Å². The Labute approximate surface area is 175 Å². The number of pyridine rings is 1. The zero-order valence-corrected chi connectivity index (χ0v) is 17.3. The van der Waals surface area contributed by atoms with Crippen LogP contribution in [-0.4, -0.2) is 24.0 Å². The van der Waals surface area contributed by atoms with E-state index in [0.29, 0.717) is 19.4 Å². The minimum Gasteiger partial charge on any atom is -0.355 e. The average Bonchev–Trinajstić information content (AvgIpc) is 3.48. The number of carbonyl (C=O) groups is 1. The molecule has 154 valence electrons. The number of anilines is 1. The first-order valence-electron chi connectivity index (χ1n) is 9.64. The molecule has 29 heavy (non-hydrogen) atoms. The molecule has 2 aromatic rings. The van der Waals surface area contributed by atoms with Crippen LogP contribution in [0.1, 0.15) is 36.8 Å². The lowest BCUT2D eigenvalue weighted by Gasteiger charge is -2.35. The Hall–Kier alpha value is -2.09. The second-order valence-electron chi connectivity index (χ2n) is 7.74. The molecule has 0 bridgehead atoms. The molecule has 4 rings (SSSR count). The molecule has 4 nitrogen and oxygen atoms in total. The second-order valence-corrected chi connectivity index (χ2v) is 8.65. The van der Waals surface area contributed by atoms with Crippen LogP contribution in [0.15, 0.2) is 47.1 Å². The van der Waals surface area contributed by atoms with Crippen molar-refractivity contribution in [2.45, 2.75) is 37.4 Å². The number of carbonyl (C=O) groups excluding carboxylic acids is 1. The zero-order valence-electron chi connectivity index (χ0n) is 15.7. The smallest absolute Gasteiger partial charge is 0.355 e. The highest BCUT2D eigenvalue weighted by molar-refractivity contribution is 9.10. The van der Waals surface area contributed by atoms with Crippen molar-refractivity contribution < 1.29 is 18.0 Å².